The van der Waals surface area contributed by atoms with Gasteiger partial charge in [-0.1, -0.05) is 13.8 Å². The molecule has 18 heavy (non-hydrogen) atoms. The summed E-state index contributed by atoms with van der Waals surface area (Å²) in [4.78, 5) is 6.08. The summed E-state index contributed by atoms with van der Waals surface area (Å²) in [5.41, 5.74) is 0. The number of likely N-dealkylation sites (N-methyl/N-ethyl adjacent to an activating group) is 1. The maximum atomic E-state index is 11.0. The van der Waals surface area contributed by atoms with Crippen molar-refractivity contribution in [1.82, 2.24) is 9.88 Å². The molecule has 0 fully saturated rings. The minimum Gasteiger partial charge on any atom is -0.476 e. The third-order valence-corrected chi connectivity index (χ3v) is 3.88. The Morgan fingerprint density at radius 2 is 2.00 bits per heavy atom. The molecule has 1 aromatic rings. The zero-order valence-corrected chi connectivity index (χ0v) is 12.0. The van der Waals surface area contributed by atoms with Gasteiger partial charge in [-0.05, 0) is 19.2 Å². The fourth-order valence-electron chi connectivity index (χ4n) is 1.42. The van der Waals surface area contributed by atoms with Crippen molar-refractivity contribution in [2.75, 3.05) is 26.2 Å². The first-order valence-electron chi connectivity index (χ1n) is 5.73. The maximum Gasteiger partial charge on any atom is 0.262 e. The Bertz CT molecular complexity index is 458. The second kappa shape index (κ2) is 6.92. The van der Waals surface area contributed by atoms with Crippen LogP contribution in [0.3, 0.4) is 0 Å². The van der Waals surface area contributed by atoms with E-state index < -0.39 is 9.05 Å². The quantitative estimate of drug-likeness (QED) is 0.716. The lowest BCUT2D eigenvalue weighted by Gasteiger charge is -2.17. The predicted molar refractivity (Wildman–Crippen MR) is 70.6 cm³/mol. The number of aromatic nitrogens is 1. The number of pyridine rings is 1. The first-order chi connectivity index (χ1) is 8.47. The highest BCUT2D eigenvalue weighted by atomic mass is 35.7. The summed E-state index contributed by atoms with van der Waals surface area (Å²) in [6, 6.07) is 2.87. The van der Waals surface area contributed by atoms with Crippen LogP contribution in [0.1, 0.15) is 13.8 Å². The lowest BCUT2D eigenvalue weighted by Crippen LogP contribution is -2.28. The Hall–Kier alpha value is -0.850. The van der Waals surface area contributed by atoms with E-state index in [1.165, 1.54) is 18.3 Å². The van der Waals surface area contributed by atoms with Crippen molar-refractivity contribution in [3.8, 4) is 5.88 Å². The predicted octanol–water partition coefficient (Wildman–Crippen LogP) is 1.73. The minimum absolute atomic E-state index is 0.0275. The molecule has 0 aliphatic rings. The average molecular weight is 293 g/mol. The van der Waals surface area contributed by atoms with Gasteiger partial charge in [-0.3, -0.25) is 0 Å². The summed E-state index contributed by atoms with van der Waals surface area (Å²) >= 11 is 0. The smallest absolute Gasteiger partial charge is 0.262 e. The van der Waals surface area contributed by atoms with E-state index in [9.17, 15) is 8.42 Å². The molecule has 0 amide bonds. The first-order valence-corrected chi connectivity index (χ1v) is 8.04. The minimum atomic E-state index is -3.72. The van der Waals surface area contributed by atoms with Crippen molar-refractivity contribution >= 4 is 19.7 Å². The average Bonchev–Trinajstić information content (AvgIpc) is 2.34. The van der Waals surface area contributed by atoms with Crippen LogP contribution in [0.25, 0.3) is 0 Å². The molecule has 0 atom stereocenters. The largest absolute Gasteiger partial charge is 0.476 e. The molecule has 0 radical (unpaired) electrons. The summed E-state index contributed by atoms with van der Waals surface area (Å²) in [7, 11) is 1.46. The third kappa shape index (κ3) is 4.80. The van der Waals surface area contributed by atoms with Gasteiger partial charge in [-0.15, -0.1) is 0 Å². The van der Waals surface area contributed by atoms with Crippen molar-refractivity contribution in [3.05, 3.63) is 18.3 Å². The van der Waals surface area contributed by atoms with E-state index >= 15 is 0 Å². The molecule has 1 aromatic heterocycles. The van der Waals surface area contributed by atoms with Crippen LogP contribution in [0, 0.1) is 0 Å². The Labute approximate surface area is 112 Å². The summed E-state index contributed by atoms with van der Waals surface area (Å²) in [5, 5.41) is 0. The first kappa shape index (κ1) is 15.2. The topological polar surface area (TPSA) is 59.5 Å². The SMILES string of the molecule is CCN(CC)CCOc1ccc(S(=O)(=O)Cl)cn1. The number of hydrogen-bond acceptors (Lipinski definition) is 5. The molecule has 5 nitrogen and oxygen atoms in total. The van der Waals surface area contributed by atoms with Gasteiger partial charge in [0.05, 0.1) is 6.20 Å². The van der Waals surface area contributed by atoms with Crippen LogP contribution >= 0.6 is 10.7 Å². The highest BCUT2D eigenvalue weighted by molar-refractivity contribution is 8.13. The van der Waals surface area contributed by atoms with Gasteiger partial charge >= 0.3 is 0 Å². The van der Waals surface area contributed by atoms with Gasteiger partial charge < -0.3 is 9.64 Å². The second-order valence-corrected chi connectivity index (χ2v) is 6.21. The van der Waals surface area contributed by atoms with Gasteiger partial charge in [0.25, 0.3) is 9.05 Å². The number of rotatable bonds is 7. The van der Waals surface area contributed by atoms with E-state index in [4.69, 9.17) is 15.4 Å². The molecule has 0 aliphatic carbocycles. The molecule has 0 saturated heterocycles. The van der Waals surface area contributed by atoms with Crippen LogP contribution in [-0.4, -0.2) is 44.5 Å². The number of halogens is 1. The van der Waals surface area contributed by atoms with Gasteiger partial charge in [0.2, 0.25) is 5.88 Å². The van der Waals surface area contributed by atoms with E-state index in [-0.39, 0.29) is 4.90 Å². The molecule has 7 heteroatoms. The van der Waals surface area contributed by atoms with Crippen molar-refractivity contribution < 1.29 is 13.2 Å². The van der Waals surface area contributed by atoms with Crippen LogP contribution in [0.15, 0.2) is 23.2 Å². The van der Waals surface area contributed by atoms with Gasteiger partial charge in [-0.2, -0.15) is 0 Å². The van der Waals surface area contributed by atoms with Gasteiger partial charge in [0, 0.05) is 23.3 Å². The number of nitrogens with zero attached hydrogens (tertiary/aromatic N) is 2. The summed E-state index contributed by atoms with van der Waals surface area (Å²) in [6.07, 6.45) is 1.19. The maximum absolute atomic E-state index is 11.0. The van der Waals surface area contributed by atoms with Gasteiger partial charge in [0.1, 0.15) is 11.5 Å². The van der Waals surface area contributed by atoms with Crippen LogP contribution in [0.5, 0.6) is 5.88 Å². The number of hydrogen-bond donors (Lipinski definition) is 0. The Morgan fingerprint density at radius 3 is 2.44 bits per heavy atom. The molecule has 102 valence electrons. The van der Waals surface area contributed by atoms with E-state index in [0.29, 0.717) is 12.5 Å². The molecular weight excluding hydrogens is 276 g/mol. The van der Waals surface area contributed by atoms with E-state index in [1.807, 2.05) is 0 Å². The van der Waals surface area contributed by atoms with Crippen LogP contribution in [-0.2, 0) is 9.05 Å². The number of ether oxygens (including phenoxy) is 1. The molecule has 0 unspecified atom stereocenters. The Balaban J connectivity index is 2.50. The zero-order valence-electron chi connectivity index (χ0n) is 10.5. The molecule has 0 bridgehead atoms. The van der Waals surface area contributed by atoms with Crippen LogP contribution in [0.4, 0.5) is 0 Å². The summed E-state index contributed by atoms with van der Waals surface area (Å²) in [5.74, 6) is 0.395. The highest BCUT2D eigenvalue weighted by Gasteiger charge is 2.10. The van der Waals surface area contributed by atoms with Crippen molar-refractivity contribution in [1.29, 1.82) is 0 Å². The zero-order chi connectivity index (χ0) is 13.6. The summed E-state index contributed by atoms with van der Waals surface area (Å²) in [6.45, 7) is 7.43. The normalized spacial score (nSPS) is 11.8. The molecule has 0 aromatic carbocycles. The standard InChI is InChI=1S/C11H17ClN2O3S/c1-3-14(4-2)7-8-17-11-6-5-10(9-13-11)18(12,15)16/h5-6,9H,3-4,7-8H2,1-2H3. The van der Waals surface area contributed by atoms with Gasteiger partial charge in [-0.25, -0.2) is 13.4 Å². The molecule has 0 aliphatic heterocycles. The second-order valence-electron chi connectivity index (χ2n) is 3.65. The van der Waals surface area contributed by atoms with Crippen molar-refractivity contribution in [3.63, 3.8) is 0 Å². The molecule has 0 spiro atoms. The molecule has 1 rings (SSSR count). The fourth-order valence-corrected chi connectivity index (χ4v) is 2.10. The van der Waals surface area contributed by atoms with Crippen LogP contribution in [0.2, 0.25) is 0 Å². The summed E-state index contributed by atoms with van der Waals surface area (Å²) < 4.78 is 27.4. The van der Waals surface area contributed by atoms with E-state index in [1.54, 1.807) is 0 Å². The Kier molecular flexibility index (Phi) is 5.84. The molecule has 1 heterocycles. The monoisotopic (exact) mass is 292 g/mol. The van der Waals surface area contributed by atoms with E-state index in [0.717, 1.165) is 19.6 Å². The molecule has 0 N–H and O–H groups in total. The highest BCUT2D eigenvalue weighted by Crippen LogP contribution is 2.16. The van der Waals surface area contributed by atoms with Crippen LogP contribution < -0.4 is 4.74 Å². The third-order valence-electron chi connectivity index (χ3n) is 2.54. The van der Waals surface area contributed by atoms with Gasteiger partial charge in [0.15, 0.2) is 0 Å². The Morgan fingerprint density at radius 1 is 1.33 bits per heavy atom. The molecule has 0 saturated carbocycles. The van der Waals surface area contributed by atoms with Crippen molar-refractivity contribution in [2.24, 2.45) is 0 Å². The lowest BCUT2D eigenvalue weighted by atomic mass is 10.5. The molecular formula is C11H17ClN2O3S. The van der Waals surface area contributed by atoms with E-state index in [2.05, 4.69) is 23.7 Å². The lowest BCUT2D eigenvalue weighted by molar-refractivity contribution is 0.218. The fraction of sp³-hybridized carbons (Fsp3) is 0.545. The van der Waals surface area contributed by atoms with Crippen molar-refractivity contribution in [2.45, 2.75) is 18.7 Å².